The number of pyridine rings is 1. The summed E-state index contributed by atoms with van der Waals surface area (Å²) in [6.45, 7) is 3.98. The summed E-state index contributed by atoms with van der Waals surface area (Å²) in [5, 5.41) is 0.955. The minimum atomic E-state index is -0.130. The molecule has 0 saturated carbocycles. The zero-order valence-electron chi connectivity index (χ0n) is 13.2. The van der Waals surface area contributed by atoms with E-state index in [1.807, 2.05) is 26.0 Å². The minimum Gasteiger partial charge on any atom is -0.453 e. The Kier molecular flexibility index (Phi) is 3.80. The number of nitrogens with zero attached hydrogens (tertiary/aromatic N) is 1. The highest BCUT2D eigenvalue weighted by atomic mass is 16.3. The fraction of sp³-hybridized carbons (Fsp3) is 0.167. The Labute approximate surface area is 134 Å². The van der Waals surface area contributed by atoms with E-state index in [0.29, 0.717) is 11.3 Å². The number of aromatic nitrogens is 1. The van der Waals surface area contributed by atoms with Crippen LogP contribution in [0.5, 0.6) is 0 Å². The van der Waals surface area contributed by atoms with Crippen LogP contribution in [-0.2, 0) is 0 Å². The van der Waals surface area contributed by atoms with Gasteiger partial charge in [0.1, 0.15) is 11.1 Å². The predicted molar refractivity (Wildman–Crippen MR) is 94.3 cm³/mol. The molecule has 1 unspecified atom stereocenters. The van der Waals surface area contributed by atoms with Crippen LogP contribution in [0.4, 0.5) is 0 Å². The van der Waals surface area contributed by atoms with Gasteiger partial charge in [0.2, 0.25) is 0 Å². The maximum Gasteiger partial charge on any atom is 0.163 e. The van der Waals surface area contributed by atoms with E-state index in [9.17, 15) is 0 Å². The maximum absolute atomic E-state index is 6.14. The fourth-order valence-corrected chi connectivity index (χ4v) is 2.75. The average molecular weight is 308 g/mol. The zero-order valence-corrected chi connectivity index (χ0v) is 13.2. The van der Waals surface area contributed by atoms with Crippen LogP contribution in [0.1, 0.15) is 29.7 Å². The molecule has 0 saturated heterocycles. The lowest BCUT2D eigenvalue weighted by atomic mass is 10.0. The molecule has 6 N–H and O–H groups in total. The topological polar surface area (TPSA) is 104 Å². The van der Waals surface area contributed by atoms with Crippen LogP contribution < -0.4 is 17.2 Å². The number of allylic oxidation sites excluding steroid dienone is 2. The van der Waals surface area contributed by atoms with Crippen molar-refractivity contribution in [1.29, 1.82) is 0 Å². The highest BCUT2D eigenvalue weighted by Gasteiger charge is 2.17. The summed E-state index contributed by atoms with van der Waals surface area (Å²) < 4.78 is 6.11. The molecule has 0 fully saturated rings. The third-order valence-corrected chi connectivity index (χ3v) is 3.81. The minimum absolute atomic E-state index is 0.130. The van der Waals surface area contributed by atoms with Crippen molar-refractivity contribution in [2.45, 2.75) is 19.9 Å². The average Bonchev–Trinajstić information content (AvgIpc) is 2.90. The Bertz CT molecular complexity index is 935. The number of nitrogens with two attached hydrogens (primary N) is 3. The Morgan fingerprint density at radius 3 is 2.78 bits per heavy atom. The molecule has 3 rings (SSSR count). The summed E-state index contributed by atoms with van der Waals surface area (Å²) >= 11 is 0. The molecule has 1 aromatic carbocycles. The summed E-state index contributed by atoms with van der Waals surface area (Å²) in [7, 11) is 0. The van der Waals surface area contributed by atoms with Crippen LogP contribution in [0.25, 0.3) is 27.8 Å². The van der Waals surface area contributed by atoms with E-state index >= 15 is 0 Å². The summed E-state index contributed by atoms with van der Waals surface area (Å²) in [4.78, 5) is 4.47. The zero-order chi connectivity index (χ0) is 16.6. The molecule has 0 aliphatic rings. The fourth-order valence-electron chi connectivity index (χ4n) is 2.75. The van der Waals surface area contributed by atoms with Gasteiger partial charge in [0.25, 0.3) is 0 Å². The van der Waals surface area contributed by atoms with Gasteiger partial charge in [0.15, 0.2) is 5.58 Å². The van der Waals surface area contributed by atoms with Gasteiger partial charge in [-0.05, 0) is 49.9 Å². The highest BCUT2D eigenvalue weighted by molar-refractivity contribution is 6.06. The molecule has 0 bridgehead atoms. The predicted octanol–water partition coefficient (Wildman–Crippen LogP) is 3.08. The molecule has 118 valence electrons. The third kappa shape index (κ3) is 2.55. The van der Waals surface area contributed by atoms with Gasteiger partial charge < -0.3 is 21.6 Å². The van der Waals surface area contributed by atoms with Crippen LogP contribution in [0.15, 0.2) is 47.2 Å². The van der Waals surface area contributed by atoms with Crippen molar-refractivity contribution in [3.05, 3.63) is 59.4 Å². The first-order chi connectivity index (χ1) is 11.0. The molecule has 0 amide bonds. The summed E-state index contributed by atoms with van der Waals surface area (Å²) in [5.74, 6) is 0. The van der Waals surface area contributed by atoms with Crippen LogP contribution in [-0.4, -0.2) is 4.98 Å². The SMILES string of the molecule is Cc1cc(C(C)N)c2oc3c(/C(N)=C/C=C\N)ccnc3c2c1. The van der Waals surface area contributed by atoms with Gasteiger partial charge in [-0.2, -0.15) is 0 Å². The van der Waals surface area contributed by atoms with E-state index in [4.69, 9.17) is 21.6 Å². The van der Waals surface area contributed by atoms with Crippen LogP contribution in [0.2, 0.25) is 0 Å². The number of rotatable bonds is 3. The van der Waals surface area contributed by atoms with E-state index in [1.54, 1.807) is 18.3 Å². The highest BCUT2D eigenvalue weighted by Crippen LogP contribution is 2.35. The second-order valence-electron chi connectivity index (χ2n) is 5.66. The molecule has 0 spiro atoms. The maximum atomic E-state index is 6.14. The van der Waals surface area contributed by atoms with Crippen LogP contribution in [0.3, 0.4) is 0 Å². The molecule has 2 heterocycles. The smallest absolute Gasteiger partial charge is 0.163 e. The van der Waals surface area contributed by atoms with Gasteiger partial charge in [0, 0.05) is 34.4 Å². The Morgan fingerprint density at radius 1 is 1.30 bits per heavy atom. The number of hydrogen-bond donors (Lipinski definition) is 3. The molecule has 5 heteroatoms. The van der Waals surface area contributed by atoms with E-state index < -0.39 is 0 Å². The number of fused-ring (bicyclic) bond motifs is 3. The summed E-state index contributed by atoms with van der Waals surface area (Å²) in [6, 6.07) is 5.81. The van der Waals surface area contributed by atoms with Gasteiger partial charge in [-0.3, -0.25) is 4.98 Å². The van der Waals surface area contributed by atoms with Crippen molar-refractivity contribution in [2.24, 2.45) is 17.2 Å². The molecule has 0 aliphatic carbocycles. The molecule has 3 aromatic rings. The summed E-state index contributed by atoms with van der Waals surface area (Å²) in [6.07, 6.45) is 6.58. The van der Waals surface area contributed by atoms with Gasteiger partial charge >= 0.3 is 0 Å². The van der Waals surface area contributed by atoms with E-state index in [2.05, 4.69) is 11.1 Å². The monoisotopic (exact) mass is 308 g/mol. The second-order valence-corrected chi connectivity index (χ2v) is 5.66. The lowest BCUT2D eigenvalue weighted by molar-refractivity contribution is 0.652. The molecule has 5 nitrogen and oxygen atoms in total. The molecule has 0 radical (unpaired) electrons. The van der Waals surface area contributed by atoms with Crippen LogP contribution in [0, 0.1) is 6.92 Å². The first kappa shape index (κ1) is 15.1. The molecule has 0 aliphatic heterocycles. The molecule has 2 aromatic heterocycles. The second kappa shape index (κ2) is 5.78. The van der Waals surface area contributed by atoms with Crippen molar-refractivity contribution in [1.82, 2.24) is 4.98 Å². The first-order valence-corrected chi connectivity index (χ1v) is 7.44. The number of aryl methyl sites for hydroxylation is 1. The first-order valence-electron chi connectivity index (χ1n) is 7.44. The Hall–Kier alpha value is -2.79. The Balaban J connectivity index is 2.38. The van der Waals surface area contributed by atoms with Crippen molar-refractivity contribution in [3.8, 4) is 0 Å². The Morgan fingerprint density at radius 2 is 2.09 bits per heavy atom. The number of furan rings is 1. The van der Waals surface area contributed by atoms with Gasteiger partial charge in [-0.15, -0.1) is 0 Å². The van der Waals surface area contributed by atoms with Crippen molar-refractivity contribution in [2.75, 3.05) is 0 Å². The van der Waals surface area contributed by atoms with Crippen molar-refractivity contribution in [3.63, 3.8) is 0 Å². The van der Waals surface area contributed by atoms with Crippen molar-refractivity contribution >= 4 is 27.8 Å². The van der Waals surface area contributed by atoms with Crippen molar-refractivity contribution < 1.29 is 4.42 Å². The molecular weight excluding hydrogens is 288 g/mol. The lowest BCUT2D eigenvalue weighted by Gasteiger charge is -2.07. The van der Waals surface area contributed by atoms with E-state index in [0.717, 1.165) is 33.2 Å². The molecule has 23 heavy (non-hydrogen) atoms. The largest absolute Gasteiger partial charge is 0.453 e. The molecule has 1 atom stereocenters. The normalized spacial score (nSPS) is 14.1. The summed E-state index contributed by atoms with van der Waals surface area (Å²) in [5.41, 5.74) is 23.3. The lowest BCUT2D eigenvalue weighted by Crippen LogP contribution is -2.05. The number of hydrogen-bond acceptors (Lipinski definition) is 5. The quantitative estimate of drug-likeness (QED) is 0.645. The van der Waals surface area contributed by atoms with Crippen LogP contribution >= 0.6 is 0 Å². The van der Waals surface area contributed by atoms with Gasteiger partial charge in [0.05, 0.1) is 0 Å². The number of benzene rings is 1. The van der Waals surface area contributed by atoms with E-state index in [1.165, 1.54) is 6.20 Å². The van der Waals surface area contributed by atoms with Gasteiger partial charge in [-0.25, -0.2) is 0 Å². The van der Waals surface area contributed by atoms with E-state index in [-0.39, 0.29) is 6.04 Å². The van der Waals surface area contributed by atoms with Gasteiger partial charge in [-0.1, -0.05) is 6.07 Å². The standard InChI is InChI=1S/C18H20N4O/c1-10-8-13(11(2)20)17-14(9-10)16-18(23-17)12(5-7-22-16)15(21)4-3-6-19/h3-9,11H,19-21H2,1-2H3/b6-3-,15-4-. The third-order valence-electron chi connectivity index (χ3n) is 3.81. The molecular formula is C18H20N4O.